The molecule has 6 heteroatoms. The zero-order chi connectivity index (χ0) is 18.9. The Kier molecular flexibility index (Phi) is 7.63. The number of hydrogen-bond donors (Lipinski definition) is 1. The molecule has 0 unspecified atom stereocenters. The summed E-state index contributed by atoms with van der Waals surface area (Å²) < 4.78 is 4.93. The van der Waals surface area contributed by atoms with Crippen LogP contribution in [0.4, 0.5) is 5.69 Å². The number of ether oxygens (including phenoxy) is 1. The molecule has 0 radical (unpaired) electrons. The summed E-state index contributed by atoms with van der Waals surface area (Å²) in [6, 6.07) is 6.69. The number of carbonyl (C=O) groups is 3. The molecular formula is C20H28N2O4. The molecule has 1 N–H and O–H groups in total. The van der Waals surface area contributed by atoms with E-state index in [1.54, 1.807) is 36.1 Å². The van der Waals surface area contributed by atoms with Crippen molar-refractivity contribution >= 4 is 23.5 Å². The summed E-state index contributed by atoms with van der Waals surface area (Å²) in [5.74, 6) is -0.681. The molecule has 0 spiro atoms. The highest BCUT2D eigenvalue weighted by molar-refractivity contribution is 5.95. The van der Waals surface area contributed by atoms with Crippen molar-refractivity contribution < 1.29 is 19.1 Å². The van der Waals surface area contributed by atoms with Crippen LogP contribution in [0.25, 0.3) is 0 Å². The van der Waals surface area contributed by atoms with Crippen LogP contribution < -0.4 is 5.32 Å². The van der Waals surface area contributed by atoms with Gasteiger partial charge in [-0.2, -0.15) is 0 Å². The third-order valence-electron chi connectivity index (χ3n) is 4.66. The van der Waals surface area contributed by atoms with E-state index in [0.717, 1.165) is 25.7 Å². The van der Waals surface area contributed by atoms with Crippen LogP contribution in [0.15, 0.2) is 24.3 Å². The highest BCUT2D eigenvalue weighted by Crippen LogP contribution is 2.22. The Hall–Kier alpha value is -2.37. The van der Waals surface area contributed by atoms with Gasteiger partial charge in [-0.3, -0.25) is 9.59 Å². The van der Waals surface area contributed by atoms with Crippen molar-refractivity contribution in [3.63, 3.8) is 0 Å². The fourth-order valence-corrected chi connectivity index (χ4v) is 3.33. The molecule has 0 bridgehead atoms. The smallest absolute Gasteiger partial charge is 0.338 e. The van der Waals surface area contributed by atoms with Gasteiger partial charge in [0.1, 0.15) is 6.54 Å². The maximum Gasteiger partial charge on any atom is 0.338 e. The van der Waals surface area contributed by atoms with Crippen molar-refractivity contribution in [2.24, 2.45) is 0 Å². The van der Waals surface area contributed by atoms with Gasteiger partial charge in [0.25, 0.3) is 0 Å². The molecule has 0 aromatic heterocycles. The van der Waals surface area contributed by atoms with Crippen LogP contribution in [0.3, 0.4) is 0 Å². The molecule has 1 saturated carbocycles. The number of nitrogens with zero attached hydrogens (tertiary/aromatic N) is 1. The molecule has 6 nitrogen and oxygen atoms in total. The highest BCUT2D eigenvalue weighted by atomic mass is 16.5. The fraction of sp³-hybridized carbons (Fsp3) is 0.550. The zero-order valence-corrected chi connectivity index (χ0v) is 15.6. The quantitative estimate of drug-likeness (QED) is 0.623. The Balaban J connectivity index is 1.95. The van der Waals surface area contributed by atoms with Gasteiger partial charge < -0.3 is 15.0 Å². The van der Waals surface area contributed by atoms with Crippen molar-refractivity contribution in [3.8, 4) is 0 Å². The van der Waals surface area contributed by atoms with Gasteiger partial charge in [0.2, 0.25) is 11.8 Å². The third kappa shape index (κ3) is 5.86. The molecule has 1 aromatic carbocycles. The Morgan fingerprint density at radius 2 is 1.69 bits per heavy atom. The predicted molar refractivity (Wildman–Crippen MR) is 99.9 cm³/mol. The van der Waals surface area contributed by atoms with Gasteiger partial charge in [-0.1, -0.05) is 25.7 Å². The standard InChI is InChI=1S/C20H28N2O4/c1-3-26-20(25)16-10-12-17(13-11-16)21-19(24)14-22(15(2)23)18-8-6-4-5-7-9-18/h10-13,18H,3-9,14H2,1-2H3,(H,21,24). The van der Waals surface area contributed by atoms with E-state index in [0.29, 0.717) is 17.9 Å². The molecule has 1 aliphatic rings. The van der Waals surface area contributed by atoms with E-state index in [-0.39, 0.29) is 30.4 Å². The van der Waals surface area contributed by atoms with Crippen molar-refractivity contribution in [2.75, 3.05) is 18.5 Å². The van der Waals surface area contributed by atoms with Crippen LogP contribution in [-0.4, -0.2) is 41.9 Å². The number of hydrogen-bond acceptors (Lipinski definition) is 4. The fourth-order valence-electron chi connectivity index (χ4n) is 3.33. The molecular weight excluding hydrogens is 332 g/mol. The van der Waals surface area contributed by atoms with Crippen LogP contribution in [-0.2, 0) is 14.3 Å². The number of nitrogens with one attached hydrogen (secondary N) is 1. The Morgan fingerprint density at radius 3 is 2.23 bits per heavy atom. The Morgan fingerprint density at radius 1 is 1.08 bits per heavy atom. The monoisotopic (exact) mass is 360 g/mol. The topological polar surface area (TPSA) is 75.7 Å². The van der Waals surface area contributed by atoms with Gasteiger partial charge in [-0.05, 0) is 44.0 Å². The summed E-state index contributed by atoms with van der Waals surface area (Å²) in [5, 5.41) is 2.80. The van der Waals surface area contributed by atoms with Crippen molar-refractivity contribution in [2.45, 2.75) is 58.4 Å². The normalized spacial score (nSPS) is 15.0. The molecule has 26 heavy (non-hydrogen) atoms. The van der Waals surface area contributed by atoms with Gasteiger partial charge in [-0.15, -0.1) is 0 Å². The van der Waals surface area contributed by atoms with Crippen LogP contribution in [0.1, 0.15) is 62.7 Å². The molecule has 0 atom stereocenters. The lowest BCUT2D eigenvalue weighted by Gasteiger charge is -2.29. The maximum absolute atomic E-state index is 12.4. The van der Waals surface area contributed by atoms with E-state index in [4.69, 9.17) is 4.74 Å². The average molecular weight is 360 g/mol. The second-order valence-electron chi connectivity index (χ2n) is 6.64. The van der Waals surface area contributed by atoms with Gasteiger partial charge in [-0.25, -0.2) is 4.79 Å². The lowest BCUT2D eigenvalue weighted by atomic mass is 10.1. The van der Waals surface area contributed by atoms with Gasteiger partial charge in [0.05, 0.1) is 12.2 Å². The number of anilines is 1. The summed E-state index contributed by atoms with van der Waals surface area (Å²) in [6.45, 7) is 3.65. The summed E-state index contributed by atoms with van der Waals surface area (Å²) >= 11 is 0. The molecule has 0 heterocycles. The first-order valence-corrected chi connectivity index (χ1v) is 9.35. The van der Waals surface area contributed by atoms with E-state index in [1.807, 2.05) is 0 Å². The molecule has 1 aliphatic carbocycles. The summed E-state index contributed by atoms with van der Waals surface area (Å²) in [6.07, 6.45) is 6.52. The lowest BCUT2D eigenvalue weighted by molar-refractivity contribution is -0.135. The molecule has 142 valence electrons. The molecule has 1 fully saturated rings. The van der Waals surface area contributed by atoms with Gasteiger partial charge in [0.15, 0.2) is 0 Å². The van der Waals surface area contributed by atoms with Crippen LogP contribution >= 0.6 is 0 Å². The largest absolute Gasteiger partial charge is 0.462 e. The number of rotatable bonds is 6. The van der Waals surface area contributed by atoms with Crippen molar-refractivity contribution in [1.29, 1.82) is 0 Å². The van der Waals surface area contributed by atoms with E-state index in [9.17, 15) is 14.4 Å². The van der Waals surface area contributed by atoms with E-state index in [2.05, 4.69) is 5.32 Å². The zero-order valence-electron chi connectivity index (χ0n) is 15.6. The highest BCUT2D eigenvalue weighted by Gasteiger charge is 2.24. The summed E-state index contributed by atoms with van der Waals surface area (Å²) in [7, 11) is 0. The Labute approximate surface area is 154 Å². The van der Waals surface area contributed by atoms with E-state index >= 15 is 0 Å². The van der Waals surface area contributed by atoms with Crippen molar-refractivity contribution in [3.05, 3.63) is 29.8 Å². The molecule has 0 aliphatic heterocycles. The molecule has 2 rings (SSSR count). The van der Waals surface area contributed by atoms with Gasteiger partial charge in [0, 0.05) is 18.7 Å². The predicted octanol–water partition coefficient (Wildman–Crippen LogP) is 3.37. The second-order valence-corrected chi connectivity index (χ2v) is 6.64. The first-order valence-electron chi connectivity index (χ1n) is 9.35. The number of esters is 1. The molecule has 1 aromatic rings. The van der Waals surface area contributed by atoms with Crippen LogP contribution in [0.2, 0.25) is 0 Å². The number of amides is 2. The maximum atomic E-state index is 12.4. The lowest BCUT2D eigenvalue weighted by Crippen LogP contribution is -2.43. The van der Waals surface area contributed by atoms with E-state index < -0.39 is 0 Å². The SMILES string of the molecule is CCOC(=O)c1ccc(NC(=O)CN(C(C)=O)C2CCCCCC2)cc1. The van der Waals surface area contributed by atoms with Crippen LogP contribution in [0, 0.1) is 0 Å². The Bertz CT molecular complexity index is 619. The van der Waals surface area contributed by atoms with E-state index in [1.165, 1.54) is 19.8 Å². The van der Waals surface area contributed by atoms with Crippen LogP contribution in [0.5, 0.6) is 0 Å². The van der Waals surface area contributed by atoms with Crippen molar-refractivity contribution in [1.82, 2.24) is 4.90 Å². The number of benzene rings is 1. The molecule has 0 saturated heterocycles. The third-order valence-corrected chi connectivity index (χ3v) is 4.66. The minimum atomic E-state index is -0.388. The minimum absolute atomic E-state index is 0.0552. The first kappa shape index (κ1) is 19.9. The first-order chi connectivity index (χ1) is 12.5. The number of carbonyl (C=O) groups excluding carboxylic acids is 3. The summed E-state index contributed by atoms with van der Waals surface area (Å²) in [5.41, 5.74) is 1.03. The second kappa shape index (κ2) is 9.94. The average Bonchev–Trinajstić information content (AvgIpc) is 2.89. The van der Waals surface area contributed by atoms with Gasteiger partial charge >= 0.3 is 5.97 Å². The minimum Gasteiger partial charge on any atom is -0.462 e. The molecule has 2 amide bonds. The summed E-state index contributed by atoms with van der Waals surface area (Å²) in [4.78, 5) is 37.7.